The van der Waals surface area contributed by atoms with Gasteiger partial charge in [-0.15, -0.1) is 0 Å². The van der Waals surface area contributed by atoms with Crippen molar-refractivity contribution in [3.63, 3.8) is 0 Å². The van der Waals surface area contributed by atoms with Crippen LogP contribution in [0.5, 0.6) is 0 Å². The van der Waals surface area contributed by atoms with Gasteiger partial charge in [0, 0.05) is 0 Å². The number of hydrogen-bond donors (Lipinski definition) is 1. The monoisotopic (exact) mass is 144 g/mol. The first-order chi connectivity index (χ1) is 3.80. The molecule has 0 aromatic carbocycles. The molecular weight excluding hydrogens is 139 g/mol. The van der Waals surface area contributed by atoms with Crippen molar-refractivity contribution in [1.29, 1.82) is 0 Å². The van der Waals surface area contributed by atoms with Crippen LogP contribution in [0.1, 0.15) is 0 Å². The predicted octanol–water partition coefficient (Wildman–Crippen LogP) is -0.637. The Bertz CT molecular complexity index is 145. The van der Waals surface area contributed by atoms with Gasteiger partial charge in [0.1, 0.15) is 6.26 Å². The molecule has 1 heterocycles. The van der Waals surface area contributed by atoms with E-state index < -0.39 is 11.1 Å². The SMILES string of the molecule is O=S(O)C1=COCO1.[LiH]. The Kier molecular flexibility index (Phi) is 3.98. The average Bonchev–Trinajstić information content (AvgIpc) is 2.12. The first-order valence-corrected chi connectivity index (χ1v) is 2.97. The summed E-state index contributed by atoms with van der Waals surface area (Å²) in [6.07, 6.45) is 1.12. The van der Waals surface area contributed by atoms with Gasteiger partial charge in [-0.05, 0) is 0 Å². The second-order valence-electron chi connectivity index (χ2n) is 1.11. The fourth-order valence-electron chi connectivity index (χ4n) is 0.320. The Morgan fingerprint density at radius 2 is 2.44 bits per heavy atom. The molecule has 1 aliphatic rings. The van der Waals surface area contributed by atoms with Crippen molar-refractivity contribution in [2.24, 2.45) is 0 Å². The summed E-state index contributed by atoms with van der Waals surface area (Å²) in [6.45, 7) is 0.0433. The average molecular weight is 144 g/mol. The molecule has 48 valence electrons. The van der Waals surface area contributed by atoms with Gasteiger partial charge in [0.2, 0.25) is 23.0 Å². The summed E-state index contributed by atoms with van der Waals surface area (Å²) in [5, 5.41) is -0.0231. The van der Waals surface area contributed by atoms with Crippen molar-refractivity contribution >= 4 is 29.9 Å². The zero-order valence-electron chi connectivity index (χ0n) is 3.86. The van der Waals surface area contributed by atoms with Crippen LogP contribution in [0.25, 0.3) is 0 Å². The maximum atomic E-state index is 10.0. The van der Waals surface area contributed by atoms with Gasteiger partial charge in [0.15, 0.2) is 0 Å². The van der Waals surface area contributed by atoms with Gasteiger partial charge in [0.05, 0.1) is 0 Å². The molecule has 0 saturated carbocycles. The van der Waals surface area contributed by atoms with Crippen molar-refractivity contribution in [3.05, 3.63) is 11.4 Å². The van der Waals surface area contributed by atoms with Crippen molar-refractivity contribution in [2.75, 3.05) is 6.79 Å². The quantitative estimate of drug-likeness (QED) is 0.393. The Hall–Kier alpha value is 0.0474. The molecule has 1 atom stereocenters. The third-order valence-electron chi connectivity index (χ3n) is 0.621. The van der Waals surface area contributed by atoms with Crippen LogP contribution in [-0.2, 0) is 20.6 Å². The molecular formula is C3H5LiO4S. The van der Waals surface area contributed by atoms with Gasteiger partial charge >= 0.3 is 18.9 Å². The van der Waals surface area contributed by atoms with E-state index in [0.29, 0.717) is 0 Å². The molecule has 1 unspecified atom stereocenters. The third-order valence-corrected chi connectivity index (χ3v) is 1.18. The molecule has 0 aromatic rings. The fraction of sp³-hybridized carbons (Fsp3) is 0.333. The molecule has 1 aliphatic heterocycles. The molecule has 0 aromatic heterocycles. The van der Waals surface area contributed by atoms with Crippen LogP contribution in [0.15, 0.2) is 11.4 Å². The van der Waals surface area contributed by atoms with Gasteiger partial charge in [-0.25, -0.2) is 4.21 Å². The number of hydrogen-bond acceptors (Lipinski definition) is 3. The van der Waals surface area contributed by atoms with Crippen LogP contribution >= 0.6 is 0 Å². The maximum absolute atomic E-state index is 10.0. The van der Waals surface area contributed by atoms with E-state index in [-0.39, 0.29) is 30.7 Å². The Labute approximate surface area is 66.7 Å². The third kappa shape index (κ3) is 2.41. The van der Waals surface area contributed by atoms with Crippen LogP contribution < -0.4 is 0 Å². The van der Waals surface area contributed by atoms with E-state index in [1.165, 1.54) is 0 Å². The summed E-state index contributed by atoms with van der Waals surface area (Å²) < 4.78 is 27.3. The molecule has 1 N–H and O–H groups in total. The Morgan fingerprint density at radius 3 is 2.67 bits per heavy atom. The summed E-state index contributed by atoms with van der Waals surface area (Å²) in [5.41, 5.74) is 0. The minimum atomic E-state index is -2.03. The molecule has 4 nitrogen and oxygen atoms in total. The second-order valence-corrected chi connectivity index (χ2v) is 2.02. The van der Waals surface area contributed by atoms with Crippen LogP contribution in [-0.4, -0.2) is 34.4 Å². The number of ether oxygens (including phenoxy) is 2. The van der Waals surface area contributed by atoms with Crippen molar-refractivity contribution in [2.45, 2.75) is 0 Å². The van der Waals surface area contributed by atoms with Crippen molar-refractivity contribution in [3.8, 4) is 0 Å². The van der Waals surface area contributed by atoms with Crippen LogP contribution in [0, 0.1) is 0 Å². The van der Waals surface area contributed by atoms with Gasteiger partial charge in [-0.2, -0.15) is 0 Å². The van der Waals surface area contributed by atoms with Crippen LogP contribution in [0.2, 0.25) is 0 Å². The van der Waals surface area contributed by atoms with Gasteiger partial charge < -0.3 is 9.47 Å². The van der Waals surface area contributed by atoms with E-state index in [9.17, 15) is 4.21 Å². The summed E-state index contributed by atoms with van der Waals surface area (Å²) in [6, 6.07) is 0. The van der Waals surface area contributed by atoms with Crippen molar-refractivity contribution < 1.29 is 18.2 Å². The van der Waals surface area contributed by atoms with E-state index >= 15 is 0 Å². The molecule has 0 radical (unpaired) electrons. The molecule has 0 saturated heterocycles. The molecule has 0 aliphatic carbocycles. The zero-order chi connectivity index (χ0) is 5.98. The van der Waals surface area contributed by atoms with Crippen LogP contribution in [0.4, 0.5) is 0 Å². The number of rotatable bonds is 1. The van der Waals surface area contributed by atoms with Gasteiger partial charge in [-0.3, -0.25) is 4.55 Å². The van der Waals surface area contributed by atoms with Gasteiger partial charge in [-0.1, -0.05) is 0 Å². The molecule has 6 heteroatoms. The fourth-order valence-corrected chi connectivity index (χ4v) is 0.619. The van der Waals surface area contributed by atoms with E-state index in [1.807, 2.05) is 0 Å². The van der Waals surface area contributed by atoms with E-state index in [4.69, 9.17) is 4.55 Å². The molecule has 9 heavy (non-hydrogen) atoms. The predicted molar refractivity (Wildman–Crippen MR) is 33.0 cm³/mol. The van der Waals surface area contributed by atoms with Crippen molar-refractivity contribution in [1.82, 2.24) is 0 Å². The minimum absolute atomic E-state index is 0. The summed E-state index contributed by atoms with van der Waals surface area (Å²) in [7, 11) is 0. The molecule has 0 spiro atoms. The molecule has 0 amide bonds. The first kappa shape index (κ1) is 9.05. The summed E-state index contributed by atoms with van der Waals surface area (Å²) >= 11 is -2.03. The van der Waals surface area contributed by atoms with E-state index in [0.717, 1.165) is 6.26 Å². The second kappa shape index (κ2) is 3.96. The van der Waals surface area contributed by atoms with Gasteiger partial charge in [0.25, 0.3) is 0 Å². The molecule has 0 fully saturated rings. The normalized spacial score (nSPS) is 18.6. The Morgan fingerprint density at radius 1 is 1.78 bits per heavy atom. The van der Waals surface area contributed by atoms with Crippen LogP contribution in [0.3, 0.4) is 0 Å². The first-order valence-electron chi connectivity index (χ1n) is 1.86. The summed E-state index contributed by atoms with van der Waals surface area (Å²) in [5.74, 6) is 0. The molecule has 0 bridgehead atoms. The molecule has 1 rings (SSSR count). The van der Waals surface area contributed by atoms with E-state index in [2.05, 4.69) is 9.47 Å². The zero-order valence-corrected chi connectivity index (χ0v) is 4.68. The standard InChI is InChI=1S/C3H4O4S.Li.H/c4-8(5)3-1-6-2-7-3;;/h1H,2H2,(H,4,5);;. The Balaban J connectivity index is 0.000000640. The van der Waals surface area contributed by atoms with E-state index in [1.54, 1.807) is 0 Å². The summed E-state index contributed by atoms with van der Waals surface area (Å²) in [4.78, 5) is 0. The topological polar surface area (TPSA) is 55.8 Å².